The number of benzene rings is 1. The lowest BCUT2D eigenvalue weighted by molar-refractivity contribution is -0.274. The molecule has 1 N–H and O–H groups in total. The number of alkyl halides is 3. The molecule has 1 aliphatic rings. The van der Waals surface area contributed by atoms with Gasteiger partial charge in [-0.25, -0.2) is 0 Å². The Morgan fingerprint density at radius 3 is 2.71 bits per heavy atom. The molecule has 4 nitrogen and oxygen atoms in total. The van der Waals surface area contributed by atoms with Crippen LogP contribution in [0.1, 0.15) is 23.3 Å². The lowest BCUT2D eigenvalue weighted by Gasteiger charge is -2.32. The fraction of sp³-hybridized carbons (Fsp3) is 0.450. The predicted molar refractivity (Wildman–Crippen MR) is 102 cm³/mol. The van der Waals surface area contributed by atoms with Crippen molar-refractivity contribution in [3.63, 3.8) is 0 Å². The highest BCUT2D eigenvalue weighted by molar-refractivity contribution is 7.09. The number of nitrogens with one attached hydrogen (secondary N) is 1. The van der Waals surface area contributed by atoms with E-state index in [1.54, 1.807) is 11.3 Å². The van der Waals surface area contributed by atoms with E-state index in [0.717, 1.165) is 32.5 Å². The number of halogens is 3. The monoisotopic (exact) mass is 412 g/mol. The molecule has 0 bridgehead atoms. The van der Waals surface area contributed by atoms with Crippen molar-refractivity contribution in [1.29, 1.82) is 0 Å². The summed E-state index contributed by atoms with van der Waals surface area (Å²) in [5.41, 5.74) is 0.648. The summed E-state index contributed by atoms with van der Waals surface area (Å²) in [5.74, 6) is 0.00443. The number of thiophene rings is 1. The van der Waals surface area contributed by atoms with Crippen LogP contribution in [-0.4, -0.2) is 36.8 Å². The summed E-state index contributed by atoms with van der Waals surface area (Å²) in [4.78, 5) is 15.9. The van der Waals surface area contributed by atoms with Gasteiger partial charge in [-0.05, 0) is 54.4 Å². The van der Waals surface area contributed by atoms with Gasteiger partial charge in [0.25, 0.3) is 0 Å². The van der Waals surface area contributed by atoms with Crippen LogP contribution in [0.3, 0.4) is 0 Å². The Hall–Kier alpha value is -2.06. The normalized spacial score (nSPS) is 18.0. The molecule has 1 unspecified atom stereocenters. The van der Waals surface area contributed by atoms with E-state index >= 15 is 0 Å². The smallest absolute Gasteiger partial charge is 0.406 e. The molecule has 2 aromatic rings. The van der Waals surface area contributed by atoms with Crippen LogP contribution in [0, 0.1) is 5.92 Å². The lowest BCUT2D eigenvalue weighted by atomic mass is 9.98. The van der Waals surface area contributed by atoms with E-state index in [1.165, 1.54) is 29.1 Å². The summed E-state index contributed by atoms with van der Waals surface area (Å²) in [7, 11) is 0. The molecule has 8 heteroatoms. The number of likely N-dealkylation sites (tertiary alicyclic amines) is 1. The SMILES string of the molecule is O=C(Cc1ccc(OC(F)(F)F)cc1)NCC1CCCN(Cc2cccs2)C1. The van der Waals surface area contributed by atoms with Crippen LogP contribution in [0.4, 0.5) is 13.2 Å². The molecule has 152 valence electrons. The van der Waals surface area contributed by atoms with Crippen LogP contribution in [0.5, 0.6) is 5.75 Å². The minimum atomic E-state index is -4.71. The van der Waals surface area contributed by atoms with E-state index in [4.69, 9.17) is 0 Å². The second kappa shape index (κ2) is 9.43. The van der Waals surface area contributed by atoms with E-state index in [2.05, 4.69) is 32.5 Å². The van der Waals surface area contributed by atoms with Crippen LogP contribution < -0.4 is 10.1 Å². The van der Waals surface area contributed by atoms with Crippen LogP contribution in [0.2, 0.25) is 0 Å². The largest absolute Gasteiger partial charge is 0.573 e. The maximum atomic E-state index is 12.2. The molecule has 2 heterocycles. The standard InChI is InChI=1S/C20H23F3N2O2S/c21-20(22,23)27-17-7-5-15(6-8-17)11-19(26)24-12-16-3-1-9-25(13-16)14-18-4-2-10-28-18/h2,4-8,10,16H,1,3,9,11-14H2,(H,24,26). The zero-order valence-corrected chi connectivity index (χ0v) is 16.2. The summed E-state index contributed by atoms with van der Waals surface area (Å²) in [6.45, 7) is 3.61. The summed E-state index contributed by atoms with van der Waals surface area (Å²) in [6.07, 6.45) is -2.37. The van der Waals surface area contributed by atoms with Gasteiger partial charge in [-0.15, -0.1) is 24.5 Å². The first kappa shape index (κ1) is 20.7. The van der Waals surface area contributed by atoms with Gasteiger partial charge in [0.15, 0.2) is 0 Å². The van der Waals surface area contributed by atoms with Crippen molar-refractivity contribution < 1.29 is 22.7 Å². The van der Waals surface area contributed by atoms with E-state index < -0.39 is 6.36 Å². The van der Waals surface area contributed by atoms with Gasteiger partial charge in [0, 0.05) is 24.5 Å². The van der Waals surface area contributed by atoms with Crippen LogP contribution in [0.25, 0.3) is 0 Å². The van der Waals surface area contributed by atoms with Gasteiger partial charge in [-0.3, -0.25) is 9.69 Å². The van der Waals surface area contributed by atoms with E-state index in [0.29, 0.717) is 18.0 Å². The van der Waals surface area contributed by atoms with Crippen LogP contribution in [0.15, 0.2) is 41.8 Å². The topological polar surface area (TPSA) is 41.6 Å². The fourth-order valence-electron chi connectivity index (χ4n) is 3.40. The van der Waals surface area contributed by atoms with Crippen LogP contribution >= 0.6 is 11.3 Å². The molecule has 0 aliphatic carbocycles. The van der Waals surface area contributed by atoms with Gasteiger partial charge >= 0.3 is 6.36 Å². The van der Waals surface area contributed by atoms with Crippen molar-refractivity contribution in [3.05, 3.63) is 52.2 Å². The van der Waals surface area contributed by atoms with Crippen molar-refractivity contribution in [2.75, 3.05) is 19.6 Å². The van der Waals surface area contributed by atoms with Gasteiger partial charge in [-0.1, -0.05) is 18.2 Å². The van der Waals surface area contributed by atoms with Crippen molar-refractivity contribution in [2.45, 2.75) is 32.2 Å². The third-order valence-corrected chi connectivity index (χ3v) is 5.53. The van der Waals surface area contributed by atoms with Crippen molar-refractivity contribution in [2.24, 2.45) is 5.92 Å². The summed E-state index contributed by atoms with van der Waals surface area (Å²) in [5, 5.41) is 5.04. The molecular formula is C20H23F3N2O2S. The second-order valence-electron chi connectivity index (χ2n) is 7.00. The second-order valence-corrected chi connectivity index (χ2v) is 8.03. The number of carbonyl (C=O) groups excluding carboxylic acids is 1. The molecule has 0 spiro atoms. The highest BCUT2D eigenvalue weighted by Gasteiger charge is 2.31. The average Bonchev–Trinajstić information content (AvgIpc) is 3.14. The first-order chi connectivity index (χ1) is 13.4. The van der Waals surface area contributed by atoms with Gasteiger partial charge in [0.2, 0.25) is 5.91 Å². The zero-order chi connectivity index (χ0) is 20.0. The highest BCUT2D eigenvalue weighted by Crippen LogP contribution is 2.23. The molecule has 28 heavy (non-hydrogen) atoms. The van der Waals surface area contributed by atoms with Crippen molar-refractivity contribution in [1.82, 2.24) is 10.2 Å². The summed E-state index contributed by atoms with van der Waals surface area (Å²) < 4.78 is 40.4. The molecule has 0 saturated carbocycles. The number of amides is 1. The summed E-state index contributed by atoms with van der Waals surface area (Å²) in [6, 6.07) is 9.60. The first-order valence-electron chi connectivity index (χ1n) is 9.23. The Morgan fingerprint density at radius 2 is 2.04 bits per heavy atom. The molecule has 1 aromatic carbocycles. The highest BCUT2D eigenvalue weighted by atomic mass is 32.1. The lowest BCUT2D eigenvalue weighted by Crippen LogP contribution is -2.40. The maximum absolute atomic E-state index is 12.2. The maximum Gasteiger partial charge on any atom is 0.573 e. The molecule has 1 atom stereocenters. The zero-order valence-electron chi connectivity index (χ0n) is 15.4. The number of hydrogen-bond donors (Lipinski definition) is 1. The van der Waals surface area contributed by atoms with E-state index in [1.807, 2.05) is 0 Å². The van der Waals surface area contributed by atoms with Gasteiger partial charge in [-0.2, -0.15) is 0 Å². The first-order valence-corrected chi connectivity index (χ1v) is 10.1. The predicted octanol–water partition coefficient (Wildman–Crippen LogP) is 4.22. The molecule has 3 rings (SSSR count). The average molecular weight is 412 g/mol. The molecule has 1 fully saturated rings. The third kappa shape index (κ3) is 6.83. The summed E-state index contributed by atoms with van der Waals surface area (Å²) >= 11 is 1.76. The number of hydrogen-bond acceptors (Lipinski definition) is 4. The molecule has 1 aromatic heterocycles. The molecule has 1 amide bonds. The number of piperidine rings is 1. The minimum Gasteiger partial charge on any atom is -0.406 e. The molecule has 0 radical (unpaired) electrons. The number of ether oxygens (including phenoxy) is 1. The van der Waals surface area contributed by atoms with Gasteiger partial charge in [0.1, 0.15) is 5.75 Å². The molecule has 1 saturated heterocycles. The third-order valence-electron chi connectivity index (χ3n) is 4.67. The Morgan fingerprint density at radius 1 is 1.25 bits per heavy atom. The van der Waals surface area contributed by atoms with Crippen molar-refractivity contribution in [3.8, 4) is 5.75 Å². The number of nitrogens with zero attached hydrogens (tertiary/aromatic N) is 1. The number of carbonyl (C=O) groups is 1. The Kier molecular flexibility index (Phi) is 6.96. The van der Waals surface area contributed by atoms with Gasteiger partial charge < -0.3 is 10.1 Å². The van der Waals surface area contributed by atoms with Gasteiger partial charge in [0.05, 0.1) is 6.42 Å². The molecular weight excluding hydrogens is 389 g/mol. The fourth-order valence-corrected chi connectivity index (χ4v) is 4.15. The van der Waals surface area contributed by atoms with E-state index in [9.17, 15) is 18.0 Å². The Balaban J connectivity index is 1.41. The Labute approximate surface area is 166 Å². The Bertz CT molecular complexity index is 748. The number of rotatable bonds is 7. The van der Waals surface area contributed by atoms with Crippen LogP contribution in [-0.2, 0) is 17.8 Å². The quantitative estimate of drug-likeness (QED) is 0.741. The minimum absolute atomic E-state index is 0.125. The van der Waals surface area contributed by atoms with E-state index in [-0.39, 0.29) is 18.1 Å². The molecule has 1 aliphatic heterocycles. The van der Waals surface area contributed by atoms with Crippen molar-refractivity contribution >= 4 is 17.2 Å².